The summed E-state index contributed by atoms with van der Waals surface area (Å²) in [5.74, 6) is 0.992. The third kappa shape index (κ3) is 2.94. The van der Waals surface area contributed by atoms with Crippen molar-refractivity contribution in [2.45, 2.75) is 6.92 Å². The van der Waals surface area contributed by atoms with E-state index in [0.717, 1.165) is 0 Å². The first-order valence-electron chi connectivity index (χ1n) is 6.27. The van der Waals surface area contributed by atoms with Gasteiger partial charge in [0.2, 0.25) is 0 Å². The maximum absolute atomic E-state index is 12.5. The van der Waals surface area contributed by atoms with Crippen LogP contribution < -0.4 is 9.47 Å². The third-order valence-corrected chi connectivity index (χ3v) is 3.14. The molecule has 0 aliphatic rings. The van der Waals surface area contributed by atoms with Crippen molar-refractivity contribution in [1.82, 2.24) is 0 Å². The molecular weight excluding hydrogens is 276 g/mol. The van der Waals surface area contributed by atoms with Crippen LogP contribution in [0.15, 0.2) is 42.5 Å². The molecule has 0 atom stereocenters. The normalized spacial score (nSPS) is 10.2. The highest BCUT2D eigenvalue weighted by Crippen LogP contribution is 2.28. The molecule has 0 fully saturated rings. The number of methoxy groups -OCH3 is 1. The standard InChI is InChI=1S/C16H15ClO3/c1-3-20-14-7-5-4-6-12(14)16(18)11-8-9-15(19-2)13(17)10-11/h4-10H,3H2,1-2H3. The lowest BCUT2D eigenvalue weighted by molar-refractivity contribution is 0.103. The van der Waals surface area contributed by atoms with Crippen molar-refractivity contribution >= 4 is 17.4 Å². The molecule has 0 aliphatic heterocycles. The number of hydrogen-bond donors (Lipinski definition) is 0. The average Bonchev–Trinajstić information content (AvgIpc) is 2.47. The Morgan fingerprint density at radius 3 is 2.55 bits per heavy atom. The van der Waals surface area contributed by atoms with Gasteiger partial charge in [0.05, 0.1) is 24.3 Å². The smallest absolute Gasteiger partial charge is 0.196 e. The van der Waals surface area contributed by atoms with Crippen molar-refractivity contribution < 1.29 is 14.3 Å². The first-order valence-corrected chi connectivity index (χ1v) is 6.65. The van der Waals surface area contributed by atoms with Gasteiger partial charge in [-0.25, -0.2) is 0 Å². The zero-order valence-electron chi connectivity index (χ0n) is 11.4. The molecule has 104 valence electrons. The number of rotatable bonds is 5. The van der Waals surface area contributed by atoms with Gasteiger partial charge in [0.15, 0.2) is 5.78 Å². The lowest BCUT2D eigenvalue weighted by Crippen LogP contribution is -2.05. The molecule has 0 radical (unpaired) electrons. The largest absolute Gasteiger partial charge is 0.495 e. The number of para-hydroxylation sites is 1. The first kappa shape index (κ1) is 14.4. The topological polar surface area (TPSA) is 35.5 Å². The maximum atomic E-state index is 12.5. The van der Waals surface area contributed by atoms with Crippen LogP contribution in [-0.4, -0.2) is 19.5 Å². The van der Waals surface area contributed by atoms with Gasteiger partial charge in [0.1, 0.15) is 11.5 Å². The molecule has 2 rings (SSSR count). The summed E-state index contributed by atoms with van der Waals surface area (Å²) < 4.78 is 10.6. The fraction of sp³-hybridized carbons (Fsp3) is 0.188. The summed E-state index contributed by atoms with van der Waals surface area (Å²) >= 11 is 6.05. The Morgan fingerprint density at radius 1 is 1.15 bits per heavy atom. The molecule has 0 spiro atoms. The van der Waals surface area contributed by atoms with Crippen molar-refractivity contribution in [3.05, 3.63) is 58.6 Å². The van der Waals surface area contributed by atoms with E-state index in [1.165, 1.54) is 7.11 Å². The Bertz CT molecular complexity index is 623. The van der Waals surface area contributed by atoms with Crippen LogP contribution in [0.2, 0.25) is 5.02 Å². The highest BCUT2D eigenvalue weighted by atomic mass is 35.5. The van der Waals surface area contributed by atoms with Gasteiger partial charge in [-0.2, -0.15) is 0 Å². The minimum Gasteiger partial charge on any atom is -0.495 e. The minimum atomic E-state index is -0.126. The molecule has 0 saturated heterocycles. The molecule has 0 saturated carbocycles. The van der Waals surface area contributed by atoms with E-state index >= 15 is 0 Å². The van der Waals surface area contributed by atoms with Gasteiger partial charge < -0.3 is 9.47 Å². The number of carbonyl (C=O) groups is 1. The number of halogens is 1. The molecule has 0 unspecified atom stereocenters. The van der Waals surface area contributed by atoms with E-state index in [1.54, 1.807) is 36.4 Å². The van der Waals surface area contributed by atoms with E-state index in [1.807, 2.05) is 13.0 Å². The lowest BCUT2D eigenvalue weighted by atomic mass is 10.0. The summed E-state index contributed by atoms with van der Waals surface area (Å²) in [5.41, 5.74) is 1.03. The quantitative estimate of drug-likeness (QED) is 0.781. The predicted octanol–water partition coefficient (Wildman–Crippen LogP) is 3.98. The SMILES string of the molecule is CCOc1ccccc1C(=O)c1ccc(OC)c(Cl)c1. The number of carbonyl (C=O) groups excluding carboxylic acids is 1. The van der Waals surface area contributed by atoms with E-state index in [-0.39, 0.29) is 5.78 Å². The second kappa shape index (κ2) is 6.44. The molecule has 0 aromatic heterocycles. The van der Waals surface area contributed by atoms with Crippen LogP contribution in [0.5, 0.6) is 11.5 Å². The molecule has 0 heterocycles. The van der Waals surface area contributed by atoms with Crippen LogP contribution in [-0.2, 0) is 0 Å². The molecule has 4 heteroatoms. The number of ether oxygens (including phenoxy) is 2. The first-order chi connectivity index (χ1) is 9.67. The fourth-order valence-corrected chi connectivity index (χ4v) is 2.16. The number of ketones is 1. The molecule has 20 heavy (non-hydrogen) atoms. The Labute approximate surface area is 123 Å². The number of hydrogen-bond acceptors (Lipinski definition) is 3. The van der Waals surface area contributed by atoms with Crippen LogP contribution in [0, 0.1) is 0 Å². The van der Waals surface area contributed by atoms with Crippen LogP contribution in [0.25, 0.3) is 0 Å². The Hall–Kier alpha value is -2.00. The summed E-state index contributed by atoms with van der Waals surface area (Å²) in [6.07, 6.45) is 0. The van der Waals surface area contributed by atoms with Crippen LogP contribution in [0.3, 0.4) is 0 Å². The van der Waals surface area contributed by atoms with Crippen molar-refractivity contribution in [3.63, 3.8) is 0 Å². The highest BCUT2D eigenvalue weighted by Gasteiger charge is 2.15. The number of benzene rings is 2. The summed E-state index contributed by atoms with van der Waals surface area (Å²) in [6, 6.07) is 12.1. The molecule has 2 aromatic carbocycles. The molecule has 0 amide bonds. The minimum absolute atomic E-state index is 0.126. The van der Waals surface area contributed by atoms with Gasteiger partial charge in [-0.1, -0.05) is 23.7 Å². The van der Waals surface area contributed by atoms with Crippen molar-refractivity contribution in [3.8, 4) is 11.5 Å². The summed E-state index contributed by atoms with van der Waals surface area (Å²) in [4.78, 5) is 12.5. The zero-order valence-corrected chi connectivity index (χ0v) is 12.1. The van der Waals surface area contributed by atoms with E-state index < -0.39 is 0 Å². The summed E-state index contributed by atoms with van der Waals surface area (Å²) in [5, 5.41) is 0.409. The van der Waals surface area contributed by atoms with E-state index in [2.05, 4.69) is 0 Å². The van der Waals surface area contributed by atoms with Gasteiger partial charge in [0.25, 0.3) is 0 Å². The molecular formula is C16H15ClO3. The van der Waals surface area contributed by atoms with Crippen LogP contribution >= 0.6 is 11.6 Å². The predicted molar refractivity (Wildman–Crippen MR) is 79.0 cm³/mol. The van der Waals surface area contributed by atoms with Crippen molar-refractivity contribution in [2.24, 2.45) is 0 Å². The highest BCUT2D eigenvalue weighted by molar-refractivity contribution is 6.32. The Kier molecular flexibility index (Phi) is 4.64. The van der Waals surface area contributed by atoms with Crippen molar-refractivity contribution in [1.29, 1.82) is 0 Å². The van der Waals surface area contributed by atoms with E-state index in [4.69, 9.17) is 21.1 Å². The molecule has 0 aliphatic carbocycles. The average molecular weight is 291 g/mol. The van der Waals surface area contributed by atoms with E-state index in [9.17, 15) is 4.79 Å². The maximum Gasteiger partial charge on any atom is 0.196 e. The van der Waals surface area contributed by atoms with Gasteiger partial charge in [-0.3, -0.25) is 4.79 Å². The third-order valence-electron chi connectivity index (χ3n) is 2.85. The van der Waals surface area contributed by atoms with Crippen molar-refractivity contribution in [2.75, 3.05) is 13.7 Å². The molecule has 0 N–H and O–H groups in total. The van der Waals surface area contributed by atoms with Crippen LogP contribution in [0.1, 0.15) is 22.8 Å². The van der Waals surface area contributed by atoms with Gasteiger partial charge >= 0.3 is 0 Å². The Balaban J connectivity index is 2.38. The van der Waals surface area contributed by atoms with Gasteiger partial charge in [0, 0.05) is 5.56 Å². The second-order valence-electron chi connectivity index (χ2n) is 4.11. The summed E-state index contributed by atoms with van der Waals surface area (Å²) in [6.45, 7) is 2.39. The lowest BCUT2D eigenvalue weighted by Gasteiger charge is -2.10. The molecule has 2 aromatic rings. The molecule has 3 nitrogen and oxygen atoms in total. The summed E-state index contributed by atoms with van der Waals surface area (Å²) in [7, 11) is 1.53. The Morgan fingerprint density at radius 2 is 1.90 bits per heavy atom. The van der Waals surface area contributed by atoms with Gasteiger partial charge in [-0.15, -0.1) is 0 Å². The fourth-order valence-electron chi connectivity index (χ4n) is 1.90. The molecule has 0 bridgehead atoms. The second-order valence-corrected chi connectivity index (χ2v) is 4.51. The van der Waals surface area contributed by atoms with E-state index in [0.29, 0.717) is 34.3 Å². The van der Waals surface area contributed by atoms with Crippen LogP contribution in [0.4, 0.5) is 0 Å². The zero-order chi connectivity index (χ0) is 14.5. The monoisotopic (exact) mass is 290 g/mol. The van der Waals surface area contributed by atoms with Gasteiger partial charge in [-0.05, 0) is 37.3 Å².